The number of halogens is 1. The van der Waals surface area contributed by atoms with Crippen molar-refractivity contribution in [1.82, 2.24) is 0 Å². The minimum Gasteiger partial charge on any atom is -0.318 e. The Morgan fingerprint density at radius 2 is 2.25 bits per heavy atom. The van der Waals surface area contributed by atoms with Crippen LogP contribution in [0.15, 0.2) is 32.0 Å². The zero-order chi connectivity index (χ0) is 11.3. The lowest BCUT2D eigenvalue weighted by Gasteiger charge is -2.21. The zero-order valence-electron chi connectivity index (χ0n) is 8.05. The van der Waals surface area contributed by atoms with Crippen LogP contribution in [0.4, 0.5) is 5.69 Å². The molecule has 0 spiro atoms. The quantitative estimate of drug-likeness (QED) is 0.734. The van der Waals surface area contributed by atoms with Gasteiger partial charge in [0.15, 0.2) is 5.17 Å². The maximum atomic E-state index is 11.4. The highest BCUT2D eigenvalue weighted by Gasteiger charge is 2.32. The molecular formula is C9H7BrN2O2S2. The monoisotopic (exact) mass is 318 g/mol. The van der Waals surface area contributed by atoms with Gasteiger partial charge in [-0.3, -0.25) is 0 Å². The number of sulfonamides is 1. The average molecular weight is 319 g/mol. The number of anilines is 1. The van der Waals surface area contributed by atoms with Gasteiger partial charge < -0.3 is 4.90 Å². The SMILES string of the molecule is O=S1(=O)CCN2C(=N1)Sc1cc(Br)ccc12. The molecular weight excluding hydrogens is 312 g/mol. The van der Waals surface area contributed by atoms with E-state index in [1.54, 1.807) is 0 Å². The third-order valence-corrected chi connectivity index (χ3v) is 5.23. The van der Waals surface area contributed by atoms with Gasteiger partial charge in [0.2, 0.25) is 0 Å². The van der Waals surface area contributed by atoms with Crippen LogP contribution in [0.5, 0.6) is 0 Å². The fraction of sp³-hybridized carbons (Fsp3) is 0.222. The van der Waals surface area contributed by atoms with Crippen LogP contribution in [0, 0.1) is 0 Å². The van der Waals surface area contributed by atoms with E-state index < -0.39 is 10.0 Å². The molecule has 0 saturated heterocycles. The third kappa shape index (κ3) is 1.66. The van der Waals surface area contributed by atoms with E-state index in [1.807, 2.05) is 23.1 Å². The molecule has 1 aromatic rings. The van der Waals surface area contributed by atoms with E-state index >= 15 is 0 Å². The highest BCUT2D eigenvalue weighted by atomic mass is 79.9. The van der Waals surface area contributed by atoms with E-state index in [9.17, 15) is 8.42 Å². The van der Waals surface area contributed by atoms with Crippen LogP contribution in [0.3, 0.4) is 0 Å². The second-order valence-corrected chi connectivity index (χ2v) is 7.21. The van der Waals surface area contributed by atoms with Gasteiger partial charge in [-0.1, -0.05) is 15.9 Å². The Bertz CT molecular complexity index is 598. The maximum Gasteiger partial charge on any atom is 0.257 e. The van der Waals surface area contributed by atoms with Crippen molar-refractivity contribution in [3.63, 3.8) is 0 Å². The van der Waals surface area contributed by atoms with E-state index in [0.717, 1.165) is 15.1 Å². The van der Waals surface area contributed by atoms with Gasteiger partial charge in [0.05, 0.1) is 11.4 Å². The van der Waals surface area contributed by atoms with E-state index in [2.05, 4.69) is 20.3 Å². The molecule has 0 saturated carbocycles. The predicted octanol–water partition coefficient (Wildman–Crippen LogP) is 2.06. The molecule has 7 heteroatoms. The molecule has 16 heavy (non-hydrogen) atoms. The molecule has 1 aromatic carbocycles. The van der Waals surface area contributed by atoms with Crippen molar-refractivity contribution in [3.05, 3.63) is 22.7 Å². The summed E-state index contributed by atoms with van der Waals surface area (Å²) in [4.78, 5) is 3.00. The number of benzene rings is 1. The van der Waals surface area contributed by atoms with Gasteiger partial charge in [-0.25, -0.2) is 8.42 Å². The molecule has 0 fully saturated rings. The van der Waals surface area contributed by atoms with Crippen LogP contribution in [-0.2, 0) is 10.0 Å². The summed E-state index contributed by atoms with van der Waals surface area (Å²) in [5, 5.41) is 0.569. The molecule has 0 unspecified atom stereocenters. The molecule has 0 aromatic heterocycles. The van der Waals surface area contributed by atoms with E-state index in [1.165, 1.54) is 11.8 Å². The molecule has 0 N–H and O–H groups in total. The summed E-state index contributed by atoms with van der Waals surface area (Å²) in [6, 6.07) is 5.91. The van der Waals surface area contributed by atoms with Gasteiger partial charge in [-0.05, 0) is 30.0 Å². The smallest absolute Gasteiger partial charge is 0.257 e. The Morgan fingerprint density at radius 1 is 1.44 bits per heavy atom. The summed E-state index contributed by atoms with van der Waals surface area (Å²) in [5.74, 6) is 0.0898. The highest BCUT2D eigenvalue weighted by molar-refractivity contribution is 9.10. The normalized spacial score (nSPS) is 21.3. The fourth-order valence-corrected chi connectivity index (χ4v) is 4.51. The minimum atomic E-state index is -3.25. The van der Waals surface area contributed by atoms with Crippen LogP contribution in [-0.4, -0.2) is 25.9 Å². The summed E-state index contributed by atoms with van der Waals surface area (Å²) in [7, 11) is -3.25. The Labute approximate surface area is 106 Å². The topological polar surface area (TPSA) is 49.7 Å². The standard InChI is InChI=1S/C9H7BrN2O2S2/c10-6-1-2-7-8(5-6)15-9-11-16(13,14)4-3-12(7)9/h1-2,5H,3-4H2. The van der Waals surface area contributed by atoms with Crippen LogP contribution < -0.4 is 4.90 Å². The lowest BCUT2D eigenvalue weighted by atomic mass is 10.3. The van der Waals surface area contributed by atoms with Gasteiger partial charge in [0.25, 0.3) is 10.0 Å². The first kappa shape index (κ1) is 10.6. The first-order valence-electron chi connectivity index (χ1n) is 4.63. The van der Waals surface area contributed by atoms with Crippen molar-refractivity contribution in [3.8, 4) is 0 Å². The molecule has 2 heterocycles. The molecule has 3 rings (SSSR count). The molecule has 2 aliphatic heterocycles. The number of hydrogen-bond acceptors (Lipinski definition) is 4. The van der Waals surface area contributed by atoms with Gasteiger partial charge in [0.1, 0.15) is 0 Å². The van der Waals surface area contributed by atoms with Crippen molar-refractivity contribution in [1.29, 1.82) is 0 Å². The number of hydrogen-bond donors (Lipinski definition) is 0. The van der Waals surface area contributed by atoms with Crippen LogP contribution in [0.2, 0.25) is 0 Å². The predicted molar refractivity (Wildman–Crippen MR) is 68.6 cm³/mol. The minimum absolute atomic E-state index is 0.0898. The van der Waals surface area contributed by atoms with Gasteiger partial charge >= 0.3 is 0 Å². The van der Waals surface area contributed by atoms with Crippen molar-refractivity contribution in [2.45, 2.75) is 4.90 Å². The second-order valence-electron chi connectivity index (χ2n) is 3.53. The van der Waals surface area contributed by atoms with E-state index in [0.29, 0.717) is 11.7 Å². The van der Waals surface area contributed by atoms with Gasteiger partial charge in [-0.15, -0.1) is 4.40 Å². The Morgan fingerprint density at radius 3 is 3.06 bits per heavy atom. The molecule has 84 valence electrons. The zero-order valence-corrected chi connectivity index (χ0v) is 11.3. The molecule has 0 amide bonds. The Balaban J connectivity index is 2.12. The number of rotatable bonds is 0. The average Bonchev–Trinajstić information content (AvgIpc) is 2.51. The highest BCUT2D eigenvalue weighted by Crippen LogP contribution is 2.42. The number of nitrogens with zero attached hydrogens (tertiary/aromatic N) is 2. The lowest BCUT2D eigenvalue weighted by molar-refractivity contribution is 0.596. The van der Waals surface area contributed by atoms with Crippen molar-refractivity contribution >= 4 is 48.6 Å². The second kappa shape index (κ2) is 3.48. The summed E-state index contributed by atoms with van der Waals surface area (Å²) < 4.78 is 27.5. The van der Waals surface area contributed by atoms with Crippen LogP contribution >= 0.6 is 27.7 Å². The molecule has 0 aliphatic carbocycles. The lowest BCUT2D eigenvalue weighted by Crippen LogP contribution is -2.35. The summed E-state index contributed by atoms with van der Waals surface area (Å²) in [6.07, 6.45) is 0. The van der Waals surface area contributed by atoms with Crippen molar-refractivity contribution < 1.29 is 8.42 Å². The van der Waals surface area contributed by atoms with Crippen LogP contribution in [0.25, 0.3) is 0 Å². The van der Waals surface area contributed by atoms with Crippen molar-refractivity contribution in [2.24, 2.45) is 4.40 Å². The summed E-state index contributed by atoms with van der Waals surface area (Å²) in [6.45, 7) is 0.489. The Hall–Kier alpha value is -0.530. The first-order chi connectivity index (χ1) is 7.55. The van der Waals surface area contributed by atoms with Gasteiger partial charge in [-0.2, -0.15) is 0 Å². The van der Waals surface area contributed by atoms with Crippen LogP contribution in [0.1, 0.15) is 0 Å². The van der Waals surface area contributed by atoms with Crippen molar-refractivity contribution in [2.75, 3.05) is 17.2 Å². The van der Waals surface area contributed by atoms with Gasteiger partial charge in [0, 0.05) is 15.9 Å². The molecule has 0 bridgehead atoms. The Kier molecular flexibility index (Phi) is 2.31. The molecule has 4 nitrogen and oxygen atoms in total. The largest absolute Gasteiger partial charge is 0.318 e. The van der Waals surface area contributed by atoms with E-state index in [4.69, 9.17) is 0 Å². The third-order valence-electron chi connectivity index (χ3n) is 2.43. The molecule has 2 aliphatic rings. The number of amidine groups is 1. The number of fused-ring (bicyclic) bond motifs is 3. The summed E-state index contributed by atoms with van der Waals surface area (Å²) >= 11 is 4.80. The maximum absolute atomic E-state index is 11.4. The number of thioether (sulfide) groups is 1. The fourth-order valence-electron chi connectivity index (χ4n) is 1.70. The molecule has 0 atom stereocenters. The first-order valence-corrected chi connectivity index (χ1v) is 7.85. The summed E-state index contributed by atoms with van der Waals surface area (Å²) in [5.41, 5.74) is 1.04. The van der Waals surface area contributed by atoms with E-state index in [-0.39, 0.29) is 5.75 Å². The molecule has 0 radical (unpaired) electrons.